The molecule has 5 heteroatoms. The Bertz CT molecular complexity index is 374. The fourth-order valence-electron chi connectivity index (χ4n) is 2.23. The smallest absolute Gasteiger partial charge is 0.131 e. The van der Waals surface area contributed by atoms with Crippen molar-refractivity contribution in [1.29, 1.82) is 0 Å². The van der Waals surface area contributed by atoms with Gasteiger partial charge in [0.2, 0.25) is 0 Å². The van der Waals surface area contributed by atoms with Crippen LogP contribution in [0.25, 0.3) is 0 Å². The van der Waals surface area contributed by atoms with Gasteiger partial charge in [-0.25, -0.2) is 0 Å². The SMILES string of the molecule is Cc1nn(C)c(Cl)c1CN1CCNC(C)C1. The Morgan fingerprint density at radius 1 is 1.56 bits per heavy atom. The zero-order valence-electron chi connectivity index (χ0n) is 10.1. The van der Waals surface area contributed by atoms with E-state index in [9.17, 15) is 0 Å². The van der Waals surface area contributed by atoms with Gasteiger partial charge in [0, 0.05) is 44.8 Å². The van der Waals surface area contributed by atoms with Gasteiger partial charge in [0.05, 0.1) is 5.69 Å². The predicted molar refractivity (Wildman–Crippen MR) is 65.7 cm³/mol. The summed E-state index contributed by atoms with van der Waals surface area (Å²) in [6.07, 6.45) is 0. The third-order valence-electron chi connectivity index (χ3n) is 3.10. The van der Waals surface area contributed by atoms with Gasteiger partial charge >= 0.3 is 0 Å². The van der Waals surface area contributed by atoms with Crippen molar-refractivity contribution in [3.05, 3.63) is 16.4 Å². The Balaban J connectivity index is 2.08. The van der Waals surface area contributed by atoms with Gasteiger partial charge in [0.15, 0.2) is 0 Å². The standard InChI is InChI=1S/C11H19ClN4/c1-8-6-16(5-4-13-8)7-10-9(2)14-15(3)11(10)12/h8,13H,4-7H2,1-3H3. The van der Waals surface area contributed by atoms with E-state index in [1.165, 1.54) is 5.56 Å². The minimum Gasteiger partial charge on any atom is -0.312 e. The molecule has 1 aliphatic heterocycles. The molecule has 1 N–H and O–H groups in total. The molecule has 1 atom stereocenters. The van der Waals surface area contributed by atoms with Crippen LogP contribution in [0.4, 0.5) is 0 Å². The highest BCUT2D eigenvalue weighted by molar-refractivity contribution is 6.30. The summed E-state index contributed by atoms with van der Waals surface area (Å²) >= 11 is 6.23. The summed E-state index contributed by atoms with van der Waals surface area (Å²) in [7, 11) is 1.89. The van der Waals surface area contributed by atoms with Crippen molar-refractivity contribution in [2.75, 3.05) is 19.6 Å². The first-order chi connectivity index (χ1) is 7.58. The Labute approximate surface area is 102 Å². The second-order valence-electron chi connectivity index (χ2n) is 4.57. The van der Waals surface area contributed by atoms with Crippen LogP contribution in [0.2, 0.25) is 5.15 Å². The minimum absolute atomic E-state index is 0.560. The molecule has 16 heavy (non-hydrogen) atoms. The van der Waals surface area contributed by atoms with Crippen LogP contribution >= 0.6 is 11.6 Å². The maximum atomic E-state index is 6.23. The molecule has 0 radical (unpaired) electrons. The largest absolute Gasteiger partial charge is 0.312 e. The van der Waals surface area contributed by atoms with Crippen molar-refractivity contribution in [1.82, 2.24) is 20.0 Å². The van der Waals surface area contributed by atoms with Crippen LogP contribution in [-0.4, -0.2) is 40.4 Å². The molecular weight excluding hydrogens is 224 g/mol. The lowest BCUT2D eigenvalue weighted by Crippen LogP contribution is -2.48. The molecule has 1 aromatic heterocycles. The van der Waals surface area contributed by atoms with Crippen LogP contribution in [0.5, 0.6) is 0 Å². The molecule has 0 saturated carbocycles. The van der Waals surface area contributed by atoms with E-state index in [1.807, 2.05) is 14.0 Å². The summed E-state index contributed by atoms with van der Waals surface area (Å²) in [6.45, 7) is 8.35. The van der Waals surface area contributed by atoms with Gasteiger partial charge in [0.1, 0.15) is 5.15 Å². The fourth-order valence-corrected chi connectivity index (χ4v) is 2.47. The Morgan fingerprint density at radius 3 is 2.88 bits per heavy atom. The first kappa shape index (κ1) is 11.9. The molecule has 1 aliphatic rings. The molecule has 2 heterocycles. The van der Waals surface area contributed by atoms with Gasteiger partial charge in [-0.05, 0) is 13.8 Å². The molecule has 0 spiro atoms. The summed E-state index contributed by atoms with van der Waals surface area (Å²) in [5.74, 6) is 0. The molecule has 0 aromatic carbocycles. The molecule has 1 saturated heterocycles. The summed E-state index contributed by atoms with van der Waals surface area (Å²) in [6, 6.07) is 0.560. The monoisotopic (exact) mass is 242 g/mol. The van der Waals surface area contributed by atoms with Crippen LogP contribution in [0, 0.1) is 6.92 Å². The van der Waals surface area contributed by atoms with E-state index in [-0.39, 0.29) is 0 Å². The summed E-state index contributed by atoms with van der Waals surface area (Å²) in [5, 5.41) is 8.54. The lowest BCUT2D eigenvalue weighted by molar-refractivity contribution is 0.199. The van der Waals surface area contributed by atoms with Crippen LogP contribution in [0.1, 0.15) is 18.2 Å². The fraction of sp³-hybridized carbons (Fsp3) is 0.727. The number of nitrogens with one attached hydrogen (secondary N) is 1. The second-order valence-corrected chi connectivity index (χ2v) is 4.93. The van der Waals surface area contributed by atoms with Crippen molar-refractivity contribution >= 4 is 11.6 Å². The van der Waals surface area contributed by atoms with E-state index in [0.717, 1.165) is 37.0 Å². The number of hydrogen-bond acceptors (Lipinski definition) is 3. The first-order valence-corrected chi connectivity index (χ1v) is 6.09. The molecule has 90 valence electrons. The van der Waals surface area contributed by atoms with Crippen molar-refractivity contribution in [3.63, 3.8) is 0 Å². The van der Waals surface area contributed by atoms with E-state index in [2.05, 4.69) is 22.2 Å². The summed E-state index contributed by atoms with van der Waals surface area (Å²) in [4.78, 5) is 2.43. The van der Waals surface area contributed by atoms with E-state index in [4.69, 9.17) is 11.6 Å². The predicted octanol–water partition coefficient (Wildman–Crippen LogP) is 1.18. The zero-order chi connectivity index (χ0) is 11.7. The highest BCUT2D eigenvalue weighted by Gasteiger charge is 2.19. The second kappa shape index (κ2) is 4.73. The zero-order valence-corrected chi connectivity index (χ0v) is 10.9. The van der Waals surface area contributed by atoms with E-state index in [1.54, 1.807) is 4.68 Å². The quantitative estimate of drug-likeness (QED) is 0.846. The number of rotatable bonds is 2. The summed E-state index contributed by atoms with van der Waals surface area (Å²) < 4.78 is 1.75. The van der Waals surface area contributed by atoms with Crippen LogP contribution in [-0.2, 0) is 13.6 Å². The lowest BCUT2D eigenvalue weighted by Gasteiger charge is -2.31. The molecular formula is C11H19ClN4. The van der Waals surface area contributed by atoms with Gasteiger partial charge in [0.25, 0.3) is 0 Å². The minimum atomic E-state index is 0.560. The maximum absolute atomic E-state index is 6.23. The van der Waals surface area contributed by atoms with Crippen LogP contribution < -0.4 is 5.32 Å². The van der Waals surface area contributed by atoms with Crippen molar-refractivity contribution in [2.45, 2.75) is 26.4 Å². The Kier molecular flexibility index (Phi) is 3.52. The van der Waals surface area contributed by atoms with E-state index < -0.39 is 0 Å². The highest BCUT2D eigenvalue weighted by atomic mass is 35.5. The average molecular weight is 243 g/mol. The Morgan fingerprint density at radius 2 is 2.31 bits per heavy atom. The normalized spacial score (nSPS) is 22.6. The Hall–Kier alpha value is -0.580. The summed E-state index contributed by atoms with van der Waals surface area (Å²) in [5.41, 5.74) is 2.21. The number of piperazine rings is 1. The molecule has 0 amide bonds. The third-order valence-corrected chi connectivity index (χ3v) is 3.58. The number of hydrogen-bond donors (Lipinski definition) is 1. The van der Waals surface area contributed by atoms with E-state index in [0.29, 0.717) is 6.04 Å². The van der Waals surface area contributed by atoms with Crippen molar-refractivity contribution < 1.29 is 0 Å². The average Bonchev–Trinajstić information content (AvgIpc) is 2.45. The van der Waals surface area contributed by atoms with E-state index >= 15 is 0 Å². The van der Waals surface area contributed by atoms with Crippen molar-refractivity contribution in [3.8, 4) is 0 Å². The number of aryl methyl sites for hydroxylation is 2. The number of aromatic nitrogens is 2. The molecule has 1 unspecified atom stereocenters. The number of halogens is 1. The lowest BCUT2D eigenvalue weighted by atomic mass is 10.2. The van der Waals surface area contributed by atoms with Crippen LogP contribution in [0.15, 0.2) is 0 Å². The van der Waals surface area contributed by atoms with Gasteiger partial charge in [-0.1, -0.05) is 11.6 Å². The first-order valence-electron chi connectivity index (χ1n) is 5.71. The topological polar surface area (TPSA) is 33.1 Å². The maximum Gasteiger partial charge on any atom is 0.131 e. The molecule has 0 aliphatic carbocycles. The molecule has 1 fully saturated rings. The van der Waals surface area contributed by atoms with Gasteiger partial charge in [-0.3, -0.25) is 9.58 Å². The van der Waals surface area contributed by atoms with Gasteiger partial charge < -0.3 is 5.32 Å². The van der Waals surface area contributed by atoms with Gasteiger partial charge in [-0.2, -0.15) is 5.10 Å². The van der Waals surface area contributed by atoms with Crippen molar-refractivity contribution in [2.24, 2.45) is 7.05 Å². The third kappa shape index (κ3) is 2.39. The molecule has 1 aromatic rings. The highest BCUT2D eigenvalue weighted by Crippen LogP contribution is 2.20. The molecule has 4 nitrogen and oxygen atoms in total. The number of nitrogens with zero attached hydrogens (tertiary/aromatic N) is 3. The molecule has 0 bridgehead atoms. The molecule has 2 rings (SSSR count). The van der Waals surface area contributed by atoms with Crippen LogP contribution in [0.3, 0.4) is 0 Å². The van der Waals surface area contributed by atoms with Gasteiger partial charge in [-0.15, -0.1) is 0 Å².